The summed E-state index contributed by atoms with van der Waals surface area (Å²) in [5, 5.41) is 12.3. The Balaban J connectivity index is 2.18. The number of ether oxygens (including phenoxy) is 1. The molecule has 1 heterocycles. The van der Waals surface area contributed by atoms with Gasteiger partial charge in [-0.3, -0.25) is 5.32 Å². The van der Waals surface area contributed by atoms with Crippen LogP contribution >= 0.6 is 0 Å². The minimum atomic E-state index is -0.0419. The highest BCUT2D eigenvalue weighted by molar-refractivity contribution is 4.91. The molecule has 0 aromatic heterocycles. The molecule has 0 amide bonds. The van der Waals surface area contributed by atoms with E-state index in [-0.39, 0.29) is 6.04 Å². The molecule has 1 rings (SSSR count). The summed E-state index contributed by atoms with van der Waals surface area (Å²) in [4.78, 5) is 2.28. The third kappa shape index (κ3) is 6.34. The molecular formula is C14H27N3O. The molecule has 4 nitrogen and oxygen atoms in total. The Labute approximate surface area is 111 Å². The number of nitrogens with one attached hydrogen (secondary N) is 1. The lowest BCUT2D eigenvalue weighted by atomic mass is 10.1. The Kier molecular flexibility index (Phi) is 7.26. The second-order valence-corrected chi connectivity index (χ2v) is 5.54. The maximum atomic E-state index is 9.05. The molecule has 0 aliphatic carbocycles. The van der Waals surface area contributed by atoms with Gasteiger partial charge < -0.3 is 9.64 Å². The van der Waals surface area contributed by atoms with E-state index in [0.717, 1.165) is 26.1 Å². The van der Waals surface area contributed by atoms with E-state index in [1.807, 2.05) is 0 Å². The van der Waals surface area contributed by atoms with E-state index >= 15 is 0 Å². The van der Waals surface area contributed by atoms with Gasteiger partial charge in [-0.2, -0.15) is 5.26 Å². The van der Waals surface area contributed by atoms with Crippen molar-refractivity contribution in [2.24, 2.45) is 0 Å². The topological polar surface area (TPSA) is 48.3 Å². The summed E-state index contributed by atoms with van der Waals surface area (Å²) in [5.41, 5.74) is 0. The average molecular weight is 253 g/mol. The molecule has 1 fully saturated rings. The number of hydrogen-bond acceptors (Lipinski definition) is 4. The Hall–Kier alpha value is -0.630. The van der Waals surface area contributed by atoms with Crippen LogP contribution in [0.25, 0.3) is 0 Å². The fourth-order valence-electron chi connectivity index (χ4n) is 2.33. The first-order valence-corrected chi connectivity index (χ1v) is 7.07. The summed E-state index contributed by atoms with van der Waals surface area (Å²) in [6, 6.07) is 2.64. The van der Waals surface area contributed by atoms with Crippen LogP contribution in [0, 0.1) is 11.3 Å². The van der Waals surface area contributed by atoms with Gasteiger partial charge in [0.1, 0.15) is 0 Å². The van der Waals surface area contributed by atoms with Gasteiger partial charge in [0.15, 0.2) is 0 Å². The lowest BCUT2D eigenvalue weighted by Gasteiger charge is -2.28. The van der Waals surface area contributed by atoms with E-state index < -0.39 is 0 Å². The summed E-state index contributed by atoms with van der Waals surface area (Å²) < 4.78 is 5.72. The standard InChI is InChI=1S/C14H27N3O/c1-12(2)16-13(10-15)7-8-17(3)11-14-6-4-5-9-18-14/h12-14,16H,4-9,11H2,1-3H3. The summed E-state index contributed by atoms with van der Waals surface area (Å²) in [5.74, 6) is 0. The van der Waals surface area contributed by atoms with E-state index in [4.69, 9.17) is 10.00 Å². The zero-order valence-corrected chi connectivity index (χ0v) is 12.0. The van der Waals surface area contributed by atoms with Crippen molar-refractivity contribution < 1.29 is 4.74 Å². The molecule has 2 unspecified atom stereocenters. The lowest BCUT2D eigenvalue weighted by Crippen LogP contribution is -2.38. The molecule has 0 saturated carbocycles. The predicted octanol–water partition coefficient (Wildman–Crippen LogP) is 1.77. The number of likely N-dealkylation sites (N-methyl/N-ethyl adjacent to an activating group) is 1. The molecule has 18 heavy (non-hydrogen) atoms. The maximum Gasteiger partial charge on any atom is 0.0967 e. The van der Waals surface area contributed by atoms with Crippen LogP contribution < -0.4 is 5.32 Å². The van der Waals surface area contributed by atoms with Crippen molar-refractivity contribution in [3.63, 3.8) is 0 Å². The van der Waals surface area contributed by atoms with Gasteiger partial charge in [-0.1, -0.05) is 0 Å². The highest BCUT2D eigenvalue weighted by atomic mass is 16.5. The predicted molar refractivity (Wildman–Crippen MR) is 73.4 cm³/mol. The molecule has 0 aromatic carbocycles. The Morgan fingerprint density at radius 1 is 1.44 bits per heavy atom. The first-order chi connectivity index (χ1) is 8.61. The van der Waals surface area contributed by atoms with Crippen LogP contribution in [-0.4, -0.2) is 49.8 Å². The third-order valence-corrected chi connectivity index (χ3v) is 3.28. The first kappa shape index (κ1) is 15.4. The number of rotatable bonds is 7. The van der Waals surface area contributed by atoms with Crippen LogP contribution in [0.15, 0.2) is 0 Å². The number of hydrogen-bond donors (Lipinski definition) is 1. The zero-order valence-electron chi connectivity index (χ0n) is 12.0. The molecule has 1 aliphatic rings. The van der Waals surface area contributed by atoms with Crippen LogP contribution in [-0.2, 0) is 4.74 Å². The van der Waals surface area contributed by atoms with Crippen LogP contribution in [0.4, 0.5) is 0 Å². The van der Waals surface area contributed by atoms with Crippen molar-refractivity contribution in [3.05, 3.63) is 0 Å². The Morgan fingerprint density at radius 3 is 2.78 bits per heavy atom. The quantitative estimate of drug-likeness (QED) is 0.751. The minimum absolute atomic E-state index is 0.0419. The highest BCUT2D eigenvalue weighted by Crippen LogP contribution is 2.13. The third-order valence-electron chi connectivity index (χ3n) is 3.28. The number of nitriles is 1. The van der Waals surface area contributed by atoms with Crippen molar-refractivity contribution in [2.45, 2.75) is 57.7 Å². The summed E-state index contributed by atoms with van der Waals surface area (Å²) in [6.07, 6.45) is 4.93. The zero-order chi connectivity index (χ0) is 13.4. The van der Waals surface area contributed by atoms with Gasteiger partial charge >= 0.3 is 0 Å². The van der Waals surface area contributed by atoms with Crippen molar-refractivity contribution in [1.29, 1.82) is 5.26 Å². The molecule has 2 atom stereocenters. The first-order valence-electron chi connectivity index (χ1n) is 7.07. The van der Waals surface area contributed by atoms with E-state index in [2.05, 4.69) is 37.2 Å². The smallest absolute Gasteiger partial charge is 0.0967 e. The SMILES string of the molecule is CC(C)NC(C#N)CCN(C)CC1CCCCO1. The Bertz CT molecular complexity index is 256. The highest BCUT2D eigenvalue weighted by Gasteiger charge is 2.16. The molecule has 1 saturated heterocycles. The fourth-order valence-corrected chi connectivity index (χ4v) is 2.33. The number of nitrogens with zero attached hydrogens (tertiary/aromatic N) is 2. The Morgan fingerprint density at radius 2 is 2.22 bits per heavy atom. The largest absolute Gasteiger partial charge is 0.377 e. The van der Waals surface area contributed by atoms with E-state index in [0.29, 0.717) is 12.1 Å². The van der Waals surface area contributed by atoms with Crippen molar-refractivity contribution in [3.8, 4) is 6.07 Å². The minimum Gasteiger partial charge on any atom is -0.377 e. The molecule has 1 aliphatic heterocycles. The van der Waals surface area contributed by atoms with Gasteiger partial charge in [-0.25, -0.2) is 0 Å². The average Bonchev–Trinajstić information content (AvgIpc) is 2.35. The van der Waals surface area contributed by atoms with Crippen molar-refractivity contribution in [1.82, 2.24) is 10.2 Å². The second kappa shape index (κ2) is 8.47. The molecular weight excluding hydrogens is 226 g/mol. The molecule has 0 radical (unpaired) electrons. The fraction of sp³-hybridized carbons (Fsp3) is 0.929. The molecule has 0 bridgehead atoms. The van der Waals surface area contributed by atoms with Crippen LogP contribution in [0.3, 0.4) is 0 Å². The summed E-state index contributed by atoms with van der Waals surface area (Å²) >= 11 is 0. The second-order valence-electron chi connectivity index (χ2n) is 5.54. The van der Waals surface area contributed by atoms with Gasteiger partial charge in [0.05, 0.1) is 18.2 Å². The van der Waals surface area contributed by atoms with Crippen molar-refractivity contribution in [2.75, 3.05) is 26.7 Å². The van der Waals surface area contributed by atoms with Gasteiger partial charge in [0, 0.05) is 25.7 Å². The van der Waals surface area contributed by atoms with Crippen molar-refractivity contribution >= 4 is 0 Å². The van der Waals surface area contributed by atoms with E-state index in [9.17, 15) is 0 Å². The molecule has 4 heteroatoms. The molecule has 1 N–H and O–H groups in total. The van der Waals surface area contributed by atoms with Crippen LogP contribution in [0.5, 0.6) is 0 Å². The molecule has 0 aromatic rings. The maximum absolute atomic E-state index is 9.05. The van der Waals surface area contributed by atoms with Gasteiger partial charge in [-0.15, -0.1) is 0 Å². The van der Waals surface area contributed by atoms with Gasteiger partial charge in [-0.05, 0) is 46.6 Å². The van der Waals surface area contributed by atoms with Crippen LogP contribution in [0.1, 0.15) is 39.5 Å². The monoisotopic (exact) mass is 253 g/mol. The van der Waals surface area contributed by atoms with E-state index in [1.165, 1.54) is 19.3 Å². The normalized spacial score (nSPS) is 22.1. The lowest BCUT2D eigenvalue weighted by molar-refractivity contribution is -0.00171. The summed E-state index contributed by atoms with van der Waals surface area (Å²) in [6.45, 7) is 6.99. The summed E-state index contributed by atoms with van der Waals surface area (Å²) in [7, 11) is 2.11. The molecule has 0 spiro atoms. The van der Waals surface area contributed by atoms with Gasteiger partial charge in [0.25, 0.3) is 0 Å². The molecule has 104 valence electrons. The van der Waals surface area contributed by atoms with Gasteiger partial charge in [0.2, 0.25) is 0 Å². The van der Waals surface area contributed by atoms with Crippen LogP contribution in [0.2, 0.25) is 0 Å². The van der Waals surface area contributed by atoms with E-state index in [1.54, 1.807) is 0 Å².